The van der Waals surface area contributed by atoms with E-state index in [1.54, 1.807) is 6.07 Å². The quantitative estimate of drug-likeness (QED) is 0.809. The number of hydrogen-bond donors (Lipinski definition) is 1. The van der Waals surface area contributed by atoms with Crippen molar-refractivity contribution in [1.29, 1.82) is 5.26 Å². The van der Waals surface area contributed by atoms with Gasteiger partial charge in [-0.2, -0.15) is 5.26 Å². The van der Waals surface area contributed by atoms with E-state index >= 15 is 0 Å². The summed E-state index contributed by atoms with van der Waals surface area (Å²) in [7, 11) is 0. The number of halogens is 2. The second-order valence-corrected chi connectivity index (χ2v) is 7.61. The molecule has 124 valence electrons. The van der Waals surface area contributed by atoms with E-state index < -0.39 is 11.7 Å². The molecule has 1 aliphatic carbocycles. The zero-order valence-corrected chi connectivity index (χ0v) is 14.6. The highest BCUT2D eigenvalue weighted by atomic mass is 35.5. The molecule has 0 spiro atoms. The Morgan fingerprint density at radius 1 is 1.38 bits per heavy atom. The molecule has 1 heterocycles. The zero-order chi connectivity index (χ0) is 17.6. The van der Waals surface area contributed by atoms with Crippen LogP contribution in [0.15, 0.2) is 40.7 Å². The van der Waals surface area contributed by atoms with Gasteiger partial charge in [0.2, 0.25) is 0 Å². The number of nitriles is 1. The fourth-order valence-corrected chi connectivity index (χ4v) is 3.91. The van der Waals surface area contributed by atoms with Crippen LogP contribution in [0.25, 0.3) is 0 Å². The molecule has 0 amide bonds. The molecule has 1 N–H and O–H groups in total. The van der Waals surface area contributed by atoms with E-state index in [2.05, 4.69) is 25.2 Å². The number of rotatable bonds is 1. The van der Waals surface area contributed by atoms with Crippen LogP contribution in [0.4, 0.5) is 4.39 Å². The fraction of sp³-hybridized carbons (Fsp3) is 0.368. The number of ketones is 1. The molecule has 1 aromatic rings. The Labute approximate surface area is 145 Å². The lowest BCUT2D eigenvalue weighted by Crippen LogP contribution is -2.36. The second-order valence-electron chi connectivity index (χ2n) is 7.21. The number of nitrogens with one attached hydrogen (secondary N) is 1. The van der Waals surface area contributed by atoms with Gasteiger partial charge in [-0.3, -0.25) is 4.79 Å². The van der Waals surface area contributed by atoms with Crippen LogP contribution in [0, 0.1) is 22.6 Å². The maximum Gasteiger partial charge on any atom is 0.162 e. The van der Waals surface area contributed by atoms with Crippen LogP contribution >= 0.6 is 11.6 Å². The monoisotopic (exact) mass is 344 g/mol. The highest BCUT2D eigenvalue weighted by Crippen LogP contribution is 2.47. The lowest BCUT2D eigenvalue weighted by molar-refractivity contribution is -0.118. The summed E-state index contributed by atoms with van der Waals surface area (Å²) in [6.45, 7) is 5.92. The van der Waals surface area contributed by atoms with Crippen molar-refractivity contribution in [3.63, 3.8) is 0 Å². The first kappa shape index (κ1) is 16.7. The second kappa shape index (κ2) is 5.75. The number of hydrogen-bond acceptors (Lipinski definition) is 3. The average Bonchev–Trinajstić information content (AvgIpc) is 2.44. The van der Waals surface area contributed by atoms with Gasteiger partial charge in [0.1, 0.15) is 5.82 Å². The van der Waals surface area contributed by atoms with Crippen molar-refractivity contribution in [2.45, 2.75) is 39.5 Å². The summed E-state index contributed by atoms with van der Waals surface area (Å²) in [5.74, 6) is -0.968. The Bertz CT molecular complexity index is 845. The molecule has 0 saturated carbocycles. The number of Topliss-reactive ketones (excluding diaryl/α,β-unsaturated/α-hetero) is 1. The molecule has 0 saturated heterocycles. The normalized spacial score (nSPS) is 22.8. The number of carbonyl (C=O) groups excluding carboxylic acids is 1. The van der Waals surface area contributed by atoms with Gasteiger partial charge in [-0.15, -0.1) is 0 Å². The summed E-state index contributed by atoms with van der Waals surface area (Å²) in [5.41, 5.74) is 3.06. The van der Waals surface area contributed by atoms with Gasteiger partial charge in [0.05, 0.1) is 17.6 Å². The maximum absolute atomic E-state index is 13.4. The minimum Gasteiger partial charge on any atom is -0.361 e. The molecule has 24 heavy (non-hydrogen) atoms. The van der Waals surface area contributed by atoms with Crippen molar-refractivity contribution in [2.75, 3.05) is 0 Å². The molecule has 2 aliphatic rings. The van der Waals surface area contributed by atoms with E-state index in [-0.39, 0.29) is 16.2 Å². The van der Waals surface area contributed by atoms with Crippen LogP contribution in [-0.2, 0) is 4.79 Å². The van der Waals surface area contributed by atoms with Gasteiger partial charge >= 0.3 is 0 Å². The minimum atomic E-state index is -0.539. The first-order valence-electron chi connectivity index (χ1n) is 7.82. The van der Waals surface area contributed by atoms with Crippen LogP contribution in [0.2, 0.25) is 5.02 Å². The molecular weight excluding hydrogens is 327 g/mol. The first-order valence-corrected chi connectivity index (χ1v) is 8.20. The van der Waals surface area contributed by atoms with Crippen LogP contribution in [0.3, 0.4) is 0 Å². The van der Waals surface area contributed by atoms with Gasteiger partial charge in [-0.25, -0.2) is 4.39 Å². The van der Waals surface area contributed by atoms with Crippen LogP contribution in [0.5, 0.6) is 0 Å². The fourth-order valence-electron chi connectivity index (χ4n) is 3.63. The lowest BCUT2D eigenvalue weighted by atomic mass is 9.69. The van der Waals surface area contributed by atoms with E-state index in [0.29, 0.717) is 28.8 Å². The third-order valence-corrected chi connectivity index (χ3v) is 4.96. The van der Waals surface area contributed by atoms with Gasteiger partial charge in [-0.1, -0.05) is 31.5 Å². The summed E-state index contributed by atoms with van der Waals surface area (Å²) in [4.78, 5) is 12.8. The van der Waals surface area contributed by atoms with E-state index in [9.17, 15) is 14.4 Å². The molecule has 1 aromatic carbocycles. The number of benzene rings is 1. The summed E-state index contributed by atoms with van der Waals surface area (Å²) in [6, 6.07) is 6.30. The van der Waals surface area contributed by atoms with Crippen molar-refractivity contribution < 1.29 is 9.18 Å². The van der Waals surface area contributed by atoms with Crippen molar-refractivity contribution in [2.24, 2.45) is 5.41 Å². The molecule has 1 aliphatic heterocycles. The van der Waals surface area contributed by atoms with Gasteiger partial charge in [0.25, 0.3) is 0 Å². The van der Waals surface area contributed by atoms with Gasteiger partial charge < -0.3 is 5.32 Å². The summed E-state index contributed by atoms with van der Waals surface area (Å²) < 4.78 is 13.4. The van der Waals surface area contributed by atoms with Crippen molar-refractivity contribution in [3.8, 4) is 6.07 Å². The standard InChI is InChI=1S/C19H18ClFN2O/c1-10-13(9-22)17(12-5-4-11(21)6-14(12)20)18-15(23-10)7-19(2,3)8-16(18)24/h4-6,17,23H,7-8H2,1-3H3/t17-/m0/s1. The Morgan fingerprint density at radius 2 is 2.08 bits per heavy atom. The molecule has 0 aromatic heterocycles. The SMILES string of the molecule is CC1=C(C#N)[C@H](c2ccc(F)cc2Cl)C2=C(CC(C)(C)CC2=O)N1. The summed E-state index contributed by atoms with van der Waals surface area (Å²) in [6.07, 6.45) is 1.14. The third kappa shape index (κ3) is 2.74. The number of nitrogens with zero attached hydrogens (tertiary/aromatic N) is 1. The summed E-state index contributed by atoms with van der Waals surface area (Å²) >= 11 is 6.24. The summed E-state index contributed by atoms with van der Waals surface area (Å²) in [5, 5.41) is 13.1. The topological polar surface area (TPSA) is 52.9 Å². The van der Waals surface area contributed by atoms with E-state index in [1.807, 2.05) is 6.92 Å². The molecule has 0 unspecified atom stereocenters. The van der Waals surface area contributed by atoms with Crippen molar-refractivity contribution in [3.05, 3.63) is 57.1 Å². The molecule has 0 radical (unpaired) electrons. The zero-order valence-electron chi connectivity index (χ0n) is 13.8. The Hall–Kier alpha value is -2.12. The molecule has 0 bridgehead atoms. The Kier molecular flexibility index (Phi) is 4.01. The molecule has 3 nitrogen and oxygen atoms in total. The first-order chi connectivity index (χ1) is 11.2. The number of dihydropyridines is 1. The van der Waals surface area contributed by atoms with Gasteiger partial charge in [0.15, 0.2) is 5.78 Å². The molecule has 0 fully saturated rings. The van der Waals surface area contributed by atoms with E-state index in [4.69, 9.17) is 11.6 Å². The highest BCUT2D eigenvalue weighted by Gasteiger charge is 2.41. The highest BCUT2D eigenvalue weighted by molar-refractivity contribution is 6.31. The third-order valence-electron chi connectivity index (χ3n) is 4.63. The van der Waals surface area contributed by atoms with Crippen molar-refractivity contribution >= 4 is 17.4 Å². The Morgan fingerprint density at radius 3 is 2.71 bits per heavy atom. The maximum atomic E-state index is 13.4. The van der Waals surface area contributed by atoms with Crippen molar-refractivity contribution in [1.82, 2.24) is 5.32 Å². The Balaban J connectivity index is 2.22. The van der Waals surface area contributed by atoms with E-state index in [0.717, 1.165) is 12.1 Å². The smallest absolute Gasteiger partial charge is 0.162 e. The number of allylic oxidation sites excluding steroid dienone is 4. The molecule has 1 atom stereocenters. The van der Waals surface area contributed by atoms with E-state index in [1.165, 1.54) is 12.1 Å². The van der Waals surface area contributed by atoms with Gasteiger partial charge in [0, 0.05) is 28.4 Å². The number of carbonyl (C=O) groups is 1. The van der Waals surface area contributed by atoms with Crippen LogP contribution in [0.1, 0.15) is 45.1 Å². The van der Waals surface area contributed by atoms with Gasteiger partial charge in [-0.05, 0) is 36.5 Å². The molecular formula is C19H18ClFN2O. The minimum absolute atomic E-state index is 0.0133. The van der Waals surface area contributed by atoms with Crippen LogP contribution in [-0.4, -0.2) is 5.78 Å². The largest absolute Gasteiger partial charge is 0.361 e. The predicted molar refractivity (Wildman–Crippen MR) is 90.6 cm³/mol. The average molecular weight is 345 g/mol. The van der Waals surface area contributed by atoms with Crippen LogP contribution < -0.4 is 5.32 Å². The predicted octanol–water partition coefficient (Wildman–Crippen LogP) is 4.61. The molecule has 3 rings (SSSR count). The molecule has 5 heteroatoms. The lowest BCUT2D eigenvalue weighted by Gasteiger charge is -2.38.